The third-order valence-corrected chi connectivity index (χ3v) is 4.20. The highest BCUT2D eigenvalue weighted by atomic mass is 19.3. The van der Waals surface area contributed by atoms with Crippen LogP contribution in [0.1, 0.15) is 30.2 Å². The maximum Gasteiger partial charge on any atom is 0.387 e. The average Bonchev–Trinajstić information content (AvgIpc) is 2.61. The molecule has 0 saturated carbocycles. The fraction of sp³-hybridized carbons (Fsp3) is 0.368. The lowest BCUT2D eigenvalue weighted by Gasteiger charge is -2.28. The second kappa shape index (κ2) is 8.78. The Morgan fingerprint density at radius 2 is 1.72 bits per heavy atom. The van der Waals surface area contributed by atoms with Crippen molar-refractivity contribution in [3.05, 3.63) is 59.7 Å². The summed E-state index contributed by atoms with van der Waals surface area (Å²) < 4.78 is 34.0. The van der Waals surface area contributed by atoms with Gasteiger partial charge in [0.25, 0.3) is 0 Å². The van der Waals surface area contributed by atoms with Crippen LogP contribution in [0.4, 0.5) is 8.78 Å². The first-order valence-corrected chi connectivity index (χ1v) is 7.98. The molecule has 2 aromatic rings. The lowest BCUT2D eigenvalue weighted by Crippen LogP contribution is -2.27. The number of hydrogen-bond acceptors (Lipinski definition) is 4. The zero-order valence-electron chi connectivity index (χ0n) is 14.5. The van der Waals surface area contributed by atoms with Crippen molar-refractivity contribution >= 4 is 0 Å². The van der Waals surface area contributed by atoms with Gasteiger partial charge in [0, 0.05) is 18.2 Å². The summed E-state index contributed by atoms with van der Waals surface area (Å²) in [4.78, 5) is 2.01. The molecule has 0 aliphatic heterocycles. The van der Waals surface area contributed by atoms with Gasteiger partial charge in [0.15, 0.2) is 0 Å². The number of methoxy groups -OCH3 is 1. The minimum absolute atomic E-state index is 0.0345. The zero-order chi connectivity index (χ0) is 18.4. The maximum atomic E-state index is 12.2. The average molecular weight is 351 g/mol. The molecule has 4 nitrogen and oxygen atoms in total. The molecule has 2 rings (SSSR count). The normalized spacial score (nSPS) is 13.8. The standard InChI is InChI=1S/C19H23F2NO3/c1-13(16-6-4-5-7-18(16)24-3)22(2)12-17(23)14-8-10-15(11-9-14)25-19(20)21/h4-11,13,17,19,23H,12H2,1-3H3. The van der Waals surface area contributed by atoms with Gasteiger partial charge in [-0.1, -0.05) is 30.3 Å². The SMILES string of the molecule is COc1ccccc1C(C)N(C)CC(O)c1ccc(OC(F)F)cc1. The Bertz CT molecular complexity index is 664. The summed E-state index contributed by atoms with van der Waals surface area (Å²) in [5.74, 6) is 0.867. The van der Waals surface area contributed by atoms with Crippen LogP contribution in [0, 0.1) is 0 Å². The van der Waals surface area contributed by atoms with Gasteiger partial charge in [0.1, 0.15) is 11.5 Å². The molecule has 2 unspecified atom stereocenters. The van der Waals surface area contributed by atoms with Crippen molar-refractivity contribution in [2.75, 3.05) is 20.7 Å². The van der Waals surface area contributed by atoms with Crippen LogP contribution < -0.4 is 9.47 Å². The van der Waals surface area contributed by atoms with Crippen LogP contribution in [0.5, 0.6) is 11.5 Å². The van der Waals surface area contributed by atoms with Crippen LogP contribution in [-0.4, -0.2) is 37.3 Å². The summed E-state index contributed by atoms with van der Waals surface area (Å²) in [6.45, 7) is -0.443. The largest absolute Gasteiger partial charge is 0.496 e. The first-order chi connectivity index (χ1) is 11.9. The molecule has 0 spiro atoms. The Balaban J connectivity index is 2.02. The van der Waals surface area contributed by atoms with Gasteiger partial charge in [-0.2, -0.15) is 8.78 Å². The molecule has 2 aromatic carbocycles. The van der Waals surface area contributed by atoms with E-state index < -0.39 is 12.7 Å². The molecule has 6 heteroatoms. The second-order valence-electron chi connectivity index (χ2n) is 5.82. The molecule has 136 valence electrons. The molecule has 0 bridgehead atoms. The number of para-hydroxylation sites is 1. The van der Waals surface area contributed by atoms with Crippen molar-refractivity contribution in [1.29, 1.82) is 0 Å². The summed E-state index contributed by atoms with van der Waals surface area (Å²) in [7, 11) is 3.54. The third-order valence-electron chi connectivity index (χ3n) is 4.20. The topological polar surface area (TPSA) is 41.9 Å². The lowest BCUT2D eigenvalue weighted by atomic mass is 10.0. The van der Waals surface area contributed by atoms with E-state index in [1.165, 1.54) is 12.1 Å². The molecule has 0 fully saturated rings. The molecular weight excluding hydrogens is 328 g/mol. The van der Waals surface area contributed by atoms with Gasteiger partial charge in [0.2, 0.25) is 0 Å². The molecule has 1 N–H and O–H groups in total. The van der Waals surface area contributed by atoms with E-state index in [4.69, 9.17) is 4.74 Å². The van der Waals surface area contributed by atoms with E-state index in [2.05, 4.69) is 4.74 Å². The number of rotatable bonds is 8. The van der Waals surface area contributed by atoms with Crippen molar-refractivity contribution in [2.45, 2.75) is 25.7 Å². The van der Waals surface area contributed by atoms with E-state index in [0.29, 0.717) is 12.1 Å². The summed E-state index contributed by atoms with van der Waals surface area (Å²) in [6, 6.07) is 13.8. The minimum atomic E-state index is -2.86. The summed E-state index contributed by atoms with van der Waals surface area (Å²) >= 11 is 0. The highest BCUT2D eigenvalue weighted by Crippen LogP contribution is 2.29. The number of aliphatic hydroxyl groups is 1. The Labute approximate surface area is 146 Å². The highest BCUT2D eigenvalue weighted by molar-refractivity contribution is 5.35. The smallest absolute Gasteiger partial charge is 0.387 e. The quantitative estimate of drug-likeness (QED) is 0.780. The van der Waals surface area contributed by atoms with Gasteiger partial charge >= 0.3 is 6.61 Å². The number of nitrogens with zero attached hydrogens (tertiary/aromatic N) is 1. The van der Waals surface area contributed by atoms with Crippen LogP contribution in [-0.2, 0) is 0 Å². The van der Waals surface area contributed by atoms with Crippen LogP contribution >= 0.6 is 0 Å². The zero-order valence-corrected chi connectivity index (χ0v) is 14.5. The molecule has 0 heterocycles. The summed E-state index contributed by atoms with van der Waals surface area (Å²) in [5.41, 5.74) is 1.67. The second-order valence-corrected chi connectivity index (χ2v) is 5.82. The first-order valence-electron chi connectivity index (χ1n) is 7.98. The number of aliphatic hydroxyl groups excluding tert-OH is 1. The predicted octanol–water partition coefficient (Wildman–Crippen LogP) is 4.02. The molecule has 0 aliphatic rings. The van der Waals surface area contributed by atoms with Gasteiger partial charge in [-0.15, -0.1) is 0 Å². The van der Waals surface area contributed by atoms with Crippen molar-refractivity contribution in [3.63, 3.8) is 0 Å². The van der Waals surface area contributed by atoms with E-state index in [-0.39, 0.29) is 11.8 Å². The third kappa shape index (κ3) is 5.14. The van der Waals surface area contributed by atoms with Gasteiger partial charge in [-0.3, -0.25) is 4.90 Å². The Morgan fingerprint density at radius 1 is 1.08 bits per heavy atom. The van der Waals surface area contributed by atoms with E-state index >= 15 is 0 Å². The number of halogens is 2. The number of hydrogen-bond donors (Lipinski definition) is 1. The van der Waals surface area contributed by atoms with E-state index in [0.717, 1.165) is 11.3 Å². The van der Waals surface area contributed by atoms with Crippen molar-refractivity contribution in [2.24, 2.45) is 0 Å². The Kier molecular flexibility index (Phi) is 6.73. The van der Waals surface area contributed by atoms with E-state index in [1.807, 2.05) is 43.1 Å². The molecule has 0 aromatic heterocycles. The fourth-order valence-corrected chi connectivity index (χ4v) is 2.66. The molecule has 0 aliphatic carbocycles. The van der Waals surface area contributed by atoms with Crippen molar-refractivity contribution in [1.82, 2.24) is 4.90 Å². The Hall–Kier alpha value is -2.18. The number of benzene rings is 2. The summed E-state index contributed by atoms with van der Waals surface area (Å²) in [5, 5.41) is 10.4. The van der Waals surface area contributed by atoms with Crippen LogP contribution in [0.2, 0.25) is 0 Å². The number of alkyl halides is 2. The van der Waals surface area contributed by atoms with Gasteiger partial charge in [-0.05, 0) is 37.7 Å². The minimum Gasteiger partial charge on any atom is -0.496 e. The van der Waals surface area contributed by atoms with Crippen molar-refractivity contribution in [3.8, 4) is 11.5 Å². The molecular formula is C19H23F2NO3. The molecule has 0 radical (unpaired) electrons. The van der Waals surface area contributed by atoms with E-state index in [9.17, 15) is 13.9 Å². The maximum absolute atomic E-state index is 12.2. The van der Waals surface area contributed by atoms with Gasteiger partial charge < -0.3 is 14.6 Å². The molecule has 2 atom stereocenters. The van der Waals surface area contributed by atoms with Gasteiger partial charge in [-0.25, -0.2) is 0 Å². The lowest BCUT2D eigenvalue weighted by molar-refractivity contribution is -0.0498. The molecule has 0 amide bonds. The molecule has 25 heavy (non-hydrogen) atoms. The number of likely N-dealkylation sites (N-methyl/N-ethyl adjacent to an activating group) is 1. The van der Waals surface area contributed by atoms with Crippen LogP contribution in [0.25, 0.3) is 0 Å². The number of ether oxygens (including phenoxy) is 2. The van der Waals surface area contributed by atoms with Crippen LogP contribution in [0.15, 0.2) is 48.5 Å². The fourth-order valence-electron chi connectivity index (χ4n) is 2.66. The molecule has 0 saturated heterocycles. The highest BCUT2D eigenvalue weighted by Gasteiger charge is 2.19. The predicted molar refractivity (Wildman–Crippen MR) is 92.1 cm³/mol. The Morgan fingerprint density at radius 3 is 2.32 bits per heavy atom. The van der Waals surface area contributed by atoms with E-state index in [1.54, 1.807) is 19.2 Å². The van der Waals surface area contributed by atoms with Crippen LogP contribution in [0.3, 0.4) is 0 Å². The van der Waals surface area contributed by atoms with Gasteiger partial charge in [0.05, 0.1) is 13.2 Å². The monoisotopic (exact) mass is 351 g/mol. The first kappa shape index (κ1) is 19.1. The summed E-state index contributed by atoms with van der Waals surface area (Å²) in [6.07, 6.45) is -0.747. The van der Waals surface area contributed by atoms with Crippen molar-refractivity contribution < 1.29 is 23.4 Å².